The van der Waals surface area contributed by atoms with E-state index >= 15 is 0 Å². The SMILES string of the molecule is O=C1OCCN1CCN1CCOC(c2ccc(F)cc2)C1. The number of benzene rings is 1. The van der Waals surface area contributed by atoms with E-state index in [-0.39, 0.29) is 18.0 Å². The van der Waals surface area contributed by atoms with E-state index < -0.39 is 0 Å². The molecule has 5 nitrogen and oxygen atoms in total. The third-order valence-corrected chi connectivity index (χ3v) is 3.92. The first-order valence-corrected chi connectivity index (χ1v) is 7.23. The lowest BCUT2D eigenvalue weighted by atomic mass is 10.1. The minimum atomic E-state index is -0.237. The van der Waals surface area contributed by atoms with Gasteiger partial charge in [0.15, 0.2) is 0 Å². The smallest absolute Gasteiger partial charge is 0.409 e. The van der Waals surface area contributed by atoms with Crippen molar-refractivity contribution in [3.05, 3.63) is 35.6 Å². The lowest BCUT2D eigenvalue weighted by molar-refractivity contribution is -0.0311. The number of cyclic esters (lactones) is 1. The van der Waals surface area contributed by atoms with E-state index in [2.05, 4.69) is 4.90 Å². The van der Waals surface area contributed by atoms with Crippen molar-refractivity contribution in [1.29, 1.82) is 0 Å². The second-order valence-electron chi connectivity index (χ2n) is 5.31. The number of hydrogen-bond donors (Lipinski definition) is 0. The van der Waals surface area contributed by atoms with Gasteiger partial charge < -0.3 is 14.4 Å². The molecular formula is C15H19FN2O3. The molecule has 3 rings (SSSR count). The van der Waals surface area contributed by atoms with E-state index in [4.69, 9.17) is 9.47 Å². The molecule has 2 aliphatic heterocycles. The van der Waals surface area contributed by atoms with Crippen molar-refractivity contribution >= 4 is 6.09 Å². The van der Waals surface area contributed by atoms with E-state index in [9.17, 15) is 9.18 Å². The normalized spacial score (nSPS) is 23.4. The minimum Gasteiger partial charge on any atom is -0.448 e. The van der Waals surface area contributed by atoms with Gasteiger partial charge in [0.1, 0.15) is 12.4 Å². The molecule has 2 saturated heterocycles. The number of ether oxygens (including phenoxy) is 2. The summed E-state index contributed by atoms with van der Waals surface area (Å²) in [5.74, 6) is -0.237. The van der Waals surface area contributed by atoms with Crippen LogP contribution in [-0.2, 0) is 9.47 Å². The molecule has 1 unspecified atom stereocenters. The van der Waals surface area contributed by atoms with Crippen molar-refractivity contribution < 1.29 is 18.7 Å². The zero-order valence-electron chi connectivity index (χ0n) is 11.8. The summed E-state index contributed by atoms with van der Waals surface area (Å²) >= 11 is 0. The Hall–Kier alpha value is -1.66. The van der Waals surface area contributed by atoms with Gasteiger partial charge in [0.25, 0.3) is 0 Å². The minimum absolute atomic E-state index is 0.0371. The predicted molar refractivity (Wildman–Crippen MR) is 74.5 cm³/mol. The fourth-order valence-electron chi connectivity index (χ4n) is 2.68. The molecule has 0 bridgehead atoms. The second kappa shape index (κ2) is 6.41. The fourth-order valence-corrected chi connectivity index (χ4v) is 2.68. The molecule has 1 aromatic carbocycles. The summed E-state index contributed by atoms with van der Waals surface area (Å²) in [6.45, 7) is 4.89. The first kappa shape index (κ1) is 14.3. The van der Waals surface area contributed by atoms with Crippen molar-refractivity contribution in [3.63, 3.8) is 0 Å². The van der Waals surface area contributed by atoms with Gasteiger partial charge in [0.2, 0.25) is 0 Å². The highest BCUT2D eigenvalue weighted by Gasteiger charge is 2.25. The lowest BCUT2D eigenvalue weighted by Gasteiger charge is -2.33. The quantitative estimate of drug-likeness (QED) is 0.847. The fraction of sp³-hybridized carbons (Fsp3) is 0.533. The zero-order chi connectivity index (χ0) is 14.7. The van der Waals surface area contributed by atoms with Crippen LogP contribution in [0, 0.1) is 5.82 Å². The molecule has 0 saturated carbocycles. The van der Waals surface area contributed by atoms with Gasteiger partial charge in [-0.2, -0.15) is 0 Å². The monoisotopic (exact) mass is 294 g/mol. The molecular weight excluding hydrogens is 275 g/mol. The van der Waals surface area contributed by atoms with Gasteiger partial charge in [0, 0.05) is 26.2 Å². The molecule has 0 aromatic heterocycles. The highest BCUT2D eigenvalue weighted by Crippen LogP contribution is 2.22. The highest BCUT2D eigenvalue weighted by molar-refractivity contribution is 5.69. The van der Waals surface area contributed by atoms with Crippen LogP contribution in [0.3, 0.4) is 0 Å². The van der Waals surface area contributed by atoms with Gasteiger partial charge >= 0.3 is 6.09 Å². The van der Waals surface area contributed by atoms with Crippen LogP contribution in [0.1, 0.15) is 11.7 Å². The van der Waals surface area contributed by atoms with E-state index in [0.29, 0.717) is 26.3 Å². The average Bonchev–Trinajstić information content (AvgIpc) is 2.91. The van der Waals surface area contributed by atoms with Crippen molar-refractivity contribution in [2.24, 2.45) is 0 Å². The molecule has 1 aromatic rings. The van der Waals surface area contributed by atoms with Crippen molar-refractivity contribution in [2.45, 2.75) is 6.10 Å². The Bertz CT molecular complexity index is 494. The second-order valence-corrected chi connectivity index (χ2v) is 5.31. The predicted octanol–water partition coefficient (Wildman–Crippen LogP) is 1.65. The topological polar surface area (TPSA) is 42.0 Å². The van der Waals surface area contributed by atoms with Crippen LogP contribution in [-0.4, -0.2) is 61.8 Å². The Balaban J connectivity index is 1.53. The number of hydrogen-bond acceptors (Lipinski definition) is 4. The Morgan fingerprint density at radius 2 is 1.95 bits per heavy atom. The lowest BCUT2D eigenvalue weighted by Crippen LogP contribution is -2.42. The van der Waals surface area contributed by atoms with Crippen LogP contribution in [0.4, 0.5) is 9.18 Å². The number of amides is 1. The Labute approximate surface area is 123 Å². The number of morpholine rings is 1. The standard InChI is InChI=1S/C15H19FN2O3/c16-13-3-1-12(2-4-13)14-11-17(7-9-20-14)5-6-18-8-10-21-15(18)19/h1-4,14H,5-11H2. The van der Waals surface area contributed by atoms with Gasteiger partial charge in [-0.1, -0.05) is 12.1 Å². The summed E-state index contributed by atoms with van der Waals surface area (Å²) in [7, 11) is 0. The summed E-state index contributed by atoms with van der Waals surface area (Å²) in [5.41, 5.74) is 0.988. The number of carbonyl (C=O) groups excluding carboxylic acids is 1. The van der Waals surface area contributed by atoms with E-state index in [1.54, 1.807) is 17.0 Å². The number of nitrogens with zero attached hydrogens (tertiary/aromatic N) is 2. The summed E-state index contributed by atoms with van der Waals surface area (Å²) in [6, 6.07) is 6.44. The first-order valence-electron chi connectivity index (χ1n) is 7.23. The van der Waals surface area contributed by atoms with E-state index in [0.717, 1.165) is 25.2 Å². The number of rotatable bonds is 4. The highest BCUT2D eigenvalue weighted by atomic mass is 19.1. The van der Waals surface area contributed by atoms with Gasteiger partial charge in [-0.05, 0) is 17.7 Å². The Morgan fingerprint density at radius 3 is 2.67 bits per heavy atom. The van der Waals surface area contributed by atoms with Crippen LogP contribution >= 0.6 is 0 Å². The number of halogens is 1. The van der Waals surface area contributed by atoms with Crippen molar-refractivity contribution in [1.82, 2.24) is 9.80 Å². The molecule has 21 heavy (non-hydrogen) atoms. The summed E-state index contributed by atoms with van der Waals surface area (Å²) in [6.07, 6.45) is -0.261. The third-order valence-electron chi connectivity index (χ3n) is 3.92. The molecule has 1 amide bonds. The van der Waals surface area contributed by atoms with E-state index in [1.807, 2.05) is 0 Å². The summed E-state index contributed by atoms with van der Waals surface area (Å²) in [4.78, 5) is 15.4. The maximum Gasteiger partial charge on any atom is 0.409 e. The molecule has 0 N–H and O–H groups in total. The molecule has 0 radical (unpaired) electrons. The maximum atomic E-state index is 13.0. The first-order chi connectivity index (χ1) is 10.2. The van der Waals surface area contributed by atoms with Gasteiger partial charge in [-0.3, -0.25) is 4.90 Å². The molecule has 0 spiro atoms. The van der Waals surface area contributed by atoms with Gasteiger partial charge in [-0.15, -0.1) is 0 Å². The zero-order valence-corrected chi connectivity index (χ0v) is 11.8. The molecule has 6 heteroatoms. The number of carbonyl (C=O) groups is 1. The largest absolute Gasteiger partial charge is 0.448 e. The average molecular weight is 294 g/mol. The van der Waals surface area contributed by atoms with E-state index in [1.165, 1.54) is 12.1 Å². The molecule has 114 valence electrons. The van der Waals surface area contributed by atoms with Crippen LogP contribution in [0.25, 0.3) is 0 Å². The van der Waals surface area contributed by atoms with Crippen molar-refractivity contribution in [2.75, 3.05) is 45.9 Å². The summed E-state index contributed by atoms with van der Waals surface area (Å²) in [5, 5.41) is 0. The maximum absolute atomic E-state index is 13.0. The van der Waals surface area contributed by atoms with Crippen LogP contribution in [0.15, 0.2) is 24.3 Å². The van der Waals surface area contributed by atoms with Crippen LogP contribution in [0.2, 0.25) is 0 Å². The molecule has 0 aliphatic carbocycles. The Morgan fingerprint density at radius 1 is 1.14 bits per heavy atom. The Kier molecular flexibility index (Phi) is 4.36. The summed E-state index contributed by atoms with van der Waals surface area (Å²) < 4.78 is 23.6. The van der Waals surface area contributed by atoms with Crippen LogP contribution < -0.4 is 0 Å². The molecule has 2 heterocycles. The molecule has 2 fully saturated rings. The molecule has 1 atom stereocenters. The van der Waals surface area contributed by atoms with Gasteiger partial charge in [-0.25, -0.2) is 9.18 Å². The van der Waals surface area contributed by atoms with Crippen molar-refractivity contribution in [3.8, 4) is 0 Å². The third kappa shape index (κ3) is 3.51. The van der Waals surface area contributed by atoms with Gasteiger partial charge in [0.05, 0.1) is 19.3 Å². The van der Waals surface area contributed by atoms with Crippen LogP contribution in [0.5, 0.6) is 0 Å². The molecule has 2 aliphatic rings.